The highest BCUT2D eigenvalue weighted by atomic mass is 79.9. The van der Waals surface area contributed by atoms with Crippen molar-refractivity contribution in [3.63, 3.8) is 0 Å². The van der Waals surface area contributed by atoms with Crippen LogP contribution in [0.25, 0.3) is 0 Å². The molecule has 0 spiro atoms. The lowest BCUT2D eigenvalue weighted by Crippen LogP contribution is -2.34. The summed E-state index contributed by atoms with van der Waals surface area (Å²) in [5.74, 6) is 2.19. The molecule has 1 aromatic rings. The number of halogens is 1. The zero-order valence-electron chi connectivity index (χ0n) is 13.8. The Morgan fingerprint density at radius 1 is 1.52 bits per heavy atom. The van der Waals surface area contributed by atoms with Gasteiger partial charge in [0.2, 0.25) is 6.54 Å². The highest BCUT2D eigenvalue weighted by molar-refractivity contribution is 9.10. The van der Waals surface area contributed by atoms with Gasteiger partial charge in [0.25, 0.3) is 10.0 Å². The van der Waals surface area contributed by atoms with E-state index < -0.39 is 21.5 Å². The molecular formula is C17H17BrN2O4S. The van der Waals surface area contributed by atoms with Crippen molar-refractivity contribution in [2.24, 2.45) is 0 Å². The predicted molar refractivity (Wildman–Crippen MR) is 101 cm³/mol. The Labute approximate surface area is 155 Å². The molecule has 0 unspecified atom stereocenters. The summed E-state index contributed by atoms with van der Waals surface area (Å²) in [5.41, 5.74) is 1.11. The maximum absolute atomic E-state index is 13.1. The van der Waals surface area contributed by atoms with E-state index in [9.17, 15) is 18.5 Å². The molecule has 6 nitrogen and oxygen atoms in total. The summed E-state index contributed by atoms with van der Waals surface area (Å²) >= 11 is 3.41. The average Bonchev–Trinajstić information content (AvgIpc) is 2.78. The van der Waals surface area contributed by atoms with Crippen LogP contribution >= 0.6 is 15.9 Å². The lowest BCUT2D eigenvalue weighted by molar-refractivity contribution is -0.468. The Hall–Kier alpha value is -2.11. The molecule has 0 atom stereocenters. The van der Waals surface area contributed by atoms with Gasteiger partial charge in [0.05, 0.1) is 10.6 Å². The quantitative estimate of drug-likeness (QED) is 0.314. The Morgan fingerprint density at radius 3 is 2.80 bits per heavy atom. The van der Waals surface area contributed by atoms with Crippen LogP contribution in [0.4, 0.5) is 5.69 Å². The topological polar surface area (TPSA) is 80.5 Å². The van der Waals surface area contributed by atoms with Gasteiger partial charge in [-0.05, 0) is 35.9 Å². The Balaban J connectivity index is 2.50. The molecule has 0 N–H and O–H groups in total. The molecular weight excluding hydrogens is 408 g/mol. The van der Waals surface area contributed by atoms with Crippen molar-refractivity contribution < 1.29 is 13.3 Å². The van der Waals surface area contributed by atoms with E-state index in [1.165, 1.54) is 16.5 Å². The SMILES string of the molecule is C#C/C=C(\C=C/C[N+](=O)[O-])S(=O)(=O)N1CC(C)(C)c2cc(Br)ccc21. The normalized spacial score (nSPS) is 16.7. The lowest BCUT2D eigenvalue weighted by Gasteiger charge is -2.22. The van der Waals surface area contributed by atoms with Crippen molar-refractivity contribution >= 4 is 31.6 Å². The summed E-state index contributed by atoms with van der Waals surface area (Å²) in [6, 6.07) is 5.41. The van der Waals surface area contributed by atoms with Crippen LogP contribution in [0.15, 0.2) is 45.8 Å². The number of rotatable bonds is 5. The van der Waals surface area contributed by atoms with Gasteiger partial charge in [-0.1, -0.05) is 35.7 Å². The number of anilines is 1. The van der Waals surface area contributed by atoms with Crippen molar-refractivity contribution in [3.8, 4) is 12.3 Å². The minimum Gasteiger partial charge on any atom is -0.265 e. The van der Waals surface area contributed by atoms with Gasteiger partial charge < -0.3 is 0 Å². The van der Waals surface area contributed by atoms with Crippen LogP contribution in [0, 0.1) is 22.5 Å². The van der Waals surface area contributed by atoms with Gasteiger partial charge >= 0.3 is 0 Å². The van der Waals surface area contributed by atoms with E-state index in [0.29, 0.717) is 5.69 Å². The number of allylic oxidation sites excluding steroid dienone is 2. The van der Waals surface area contributed by atoms with E-state index in [1.54, 1.807) is 12.1 Å². The van der Waals surface area contributed by atoms with Crippen LogP contribution in [0.2, 0.25) is 0 Å². The maximum Gasteiger partial charge on any atom is 0.264 e. The summed E-state index contributed by atoms with van der Waals surface area (Å²) in [4.78, 5) is 9.75. The first-order valence-electron chi connectivity index (χ1n) is 7.37. The molecule has 1 aliphatic rings. The first-order chi connectivity index (χ1) is 11.6. The zero-order chi connectivity index (χ0) is 18.8. The van der Waals surface area contributed by atoms with Crippen LogP contribution in [-0.4, -0.2) is 26.4 Å². The molecule has 1 aromatic carbocycles. The first kappa shape index (κ1) is 19.2. The molecule has 0 bridgehead atoms. The van der Waals surface area contributed by atoms with E-state index in [-0.39, 0.29) is 16.9 Å². The predicted octanol–water partition coefficient (Wildman–Crippen LogP) is 3.23. The highest BCUT2D eigenvalue weighted by Gasteiger charge is 2.41. The van der Waals surface area contributed by atoms with E-state index in [0.717, 1.165) is 16.1 Å². The van der Waals surface area contributed by atoms with Crippen molar-refractivity contribution in [1.29, 1.82) is 0 Å². The second kappa shape index (κ2) is 7.02. The molecule has 0 saturated carbocycles. The molecule has 0 radical (unpaired) electrons. The van der Waals surface area contributed by atoms with E-state index in [2.05, 4.69) is 21.9 Å². The van der Waals surface area contributed by atoms with Gasteiger partial charge in [-0.3, -0.25) is 14.4 Å². The number of nitro groups is 1. The highest BCUT2D eigenvalue weighted by Crippen LogP contribution is 2.44. The molecule has 1 heterocycles. The fourth-order valence-electron chi connectivity index (χ4n) is 2.68. The number of terminal acetylenes is 1. The van der Waals surface area contributed by atoms with Crippen LogP contribution in [0.5, 0.6) is 0 Å². The third-order valence-corrected chi connectivity index (χ3v) is 6.09. The van der Waals surface area contributed by atoms with Crippen LogP contribution in [0.3, 0.4) is 0 Å². The monoisotopic (exact) mass is 424 g/mol. The summed E-state index contributed by atoms with van der Waals surface area (Å²) < 4.78 is 28.3. The number of nitrogens with zero attached hydrogens (tertiary/aromatic N) is 2. The molecule has 0 aromatic heterocycles. The van der Waals surface area contributed by atoms with Crippen LogP contribution in [-0.2, 0) is 15.4 Å². The van der Waals surface area contributed by atoms with Crippen molar-refractivity contribution in [3.05, 3.63) is 61.5 Å². The van der Waals surface area contributed by atoms with Crippen molar-refractivity contribution in [1.82, 2.24) is 0 Å². The number of fused-ring (bicyclic) bond motifs is 1. The molecule has 132 valence electrons. The first-order valence-corrected chi connectivity index (χ1v) is 9.60. The average molecular weight is 425 g/mol. The van der Waals surface area contributed by atoms with E-state index in [1.807, 2.05) is 19.9 Å². The third kappa shape index (κ3) is 3.94. The molecule has 0 amide bonds. The van der Waals surface area contributed by atoms with Gasteiger partial charge in [-0.25, -0.2) is 8.42 Å². The van der Waals surface area contributed by atoms with Crippen LogP contribution < -0.4 is 4.31 Å². The van der Waals surface area contributed by atoms with Gasteiger partial charge in [0.15, 0.2) is 0 Å². The molecule has 1 aliphatic heterocycles. The molecule has 8 heteroatoms. The molecule has 25 heavy (non-hydrogen) atoms. The Kier molecular flexibility index (Phi) is 5.40. The van der Waals surface area contributed by atoms with Gasteiger partial charge in [0.1, 0.15) is 0 Å². The molecule has 0 aliphatic carbocycles. The van der Waals surface area contributed by atoms with Gasteiger partial charge in [-0.15, -0.1) is 6.42 Å². The summed E-state index contributed by atoms with van der Waals surface area (Å²) in [6.45, 7) is 3.69. The number of sulfonamides is 1. The van der Waals surface area contributed by atoms with E-state index >= 15 is 0 Å². The van der Waals surface area contributed by atoms with Gasteiger partial charge in [0, 0.05) is 27.4 Å². The van der Waals surface area contributed by atoms with Gasteiger partial charge in [-0.2, -0.15) is 0 Å². The summed E-state index contributed by atoms with van der Waals surface area (Å²) in [5, 5.41) is 10.5. The second-order valence-corrected chi connectivity index (χ2v) is 8.97. The van der Waals surface area contributed by atoms with Crippen molar-refractivity contribution in [2.45, 2.75) is 19.3 Å². The minimum absolute atomic E-state index is 0.150. The molecule has 0 saturated heterocycles. The minimum atomic E-state index is -3.93. The maximum atomic E-state index is 13.1. The number of hydrogen-bond donors (Lipinski definition) is 0. The molecule has 0 fully saturated rings. The summed E-state index contributed by atoms with van der Waals surface area (Å²) in [6.07, 6.45) is 8.70. The largest absolute Gasteiger partial charge is 0.265 e. The smallest absolute Gasteiger partial charge is 0.264 e. The third-order valence-electron chi connectivity index (χ3n) is 3.85. The van der Waals surface area contributed by atoms with Crippen LogP contribution in [0.1, 0.15) is 19.4 Å². The second-order valence-electron chi connectivity index (χ2n) is 6.19. The van der Waals surface area contributed by atoms with E-state index in [4.69, 9.17) is 6.42 Å². The zero-order valence-corrected chi connectivity index (χ0v) is 16.2. The standard InChI is InChI=1S/C17H17BrN2O4S/c1-4-6-14(7-5-10-20(21)22)25(23,24)19-12-17(2,3)15-11-13(18)8-9-16(15)19/h1,5-9,11H,10,12H2,2-3H3/b7-5-,14-6+. The lowest BCUT2D eigenvalue weighted by atomic mass is 9.87. The molecule has 2 rings (SSSR count). The fourth-order valence-corrected chi connectivity index (χ4v) is 4.70. The fraction of sp³-hybridized carbons (Fsp3) is 0.294. The van der Waals surface area contributed by atoms with Crippen molar-refractivity contribution in [2.75, 3.05) is 17.4 Å². The number of benzene rings is 1. The Morgan fingerprint density at radius 2 is 2.20 bits per heavy atom. The summed E-state index contributed by atoms with van der Waals surface area (Å²) in [7, 11) is -3.93. The number of hydrogen-bond acceptors (Lipinski definition) is 4. The Bertz CT molecular complexity index is 911.